The Morgan fingerprint density at radius 3 is 2.30 bits per heavy atom. The van der Waals surface area contributed by atoms with Gasteiger partial charge in [-0.1, -0.05) is 0 Å². The number of H-pyrrole nitrogens is 1. The number of aromatic amines is 1. The molecule has 0 aromatic carbocycles. The van der Waals surface area contributed by atoms with Crippen molar-refractivity contribution in [3.05, 3.63) is 32.6 Å². The van der Waals surface area contributed by atoms with E-state index in [4.69, 9.17) is 24.3 Å². The Labute approximate surface area is 231 Å². The molecule has 7 fully saturated rings. The van der Waals surface area contributed by atoms with Crippen LogP contribution in [0.5, 0.6) is 0 Å². The summed E-state index contributed by atoms with van der Waals surface area (Å²) >= 11 is 0. The molecule has 2 saturated heterocycles. The van der Waals surface area contributed by atoms with Gasteiger partial charge in [-0.3, -0.25) is 19.1 Å². The number of aryl methyl sites for hydroxylation is 1. The number of hydrogen-bond donors (Lipinski definition) is 3. The molecule has 8 rings (SSSR count). The van der Waals surface area contributed by atoms with Crippen LogP contribution in [0.3, 0.4) is 0 Å². The first-order chi connectivity index (χ1) is 19.3. The van der Waals surface area contributed by atoms with E-state index in [1.54, 1.807) is 6.92 Å². The average molecular weight is 562 g/mol. The number of rotatable bonds is 5. The summed E-state index contributed by atoms with van der Waals surface area (Å²) in [5.41, 5.74) is -0.664. The Bertz CT molecular complexity index is 1210. The van der Waals surface area contributed by atoms with Gasteiger partial charge in [-0.2, -0.15) is 19.6 Å². The number of ether oxygens (including phenoxy) is 1. The first kappa shape index (κ1) is 26.8. The number of carbonyl (C=O) groups excluding carboxylic acids is 1. The van der Waals surface area contributed by atoms with Gasteiger partial charge in [0, 0.05) is 49.3 Å². The van der Waals surface area contributed by atoms with Crippen molar-refractivity contribution < 1.29 is 34.2 Å². The topological polar surface area (TPSA) is 150 Å². The maximum absolute atomic E-state index is 13.0. The Morgan fingerprint density at radius 1 is 1.02 bits per heavy atom. The number of aliphatic hydroxyl groups is 1. The minimum Gasteiger partial charge on any atom is -0.394 e. The first-order valence-electron chi connectivity index (χ1n) is 14.9. The summed E-state index contributed by atoms with van der Waals surface area (Å²) in [7, 11) is 0. The molecule has 1 aromatic rings. The lowest BCUT2D eigenvalue weighted by Crippen LogP contribution is -2.64. The molecule has 3 atom stereocenters. The fraction of sp³-hybridized carbons (Fsp3) is 0.821. The highest BCUT2D eigenvalue weighted by atomic mass is 17.4. The van der Waals surface area contributed by atoms with E-state index in [1.165, 1.54) is 17.2 Å². The van der Waals surface area contributed by atoms with E-state index in [0.29, 0.717) is 43.1 Å². The van der Waals surface area contributed by atoms with Crippen LogP contribution in [0.1, 0.15) is 82.4 Å². The maximum atomic E-state index is 13.0. The second-order valence-corrected chi connectivity index (χ2v) is 13.1. The molecule has 2 spiro atoms. The Balaban J connectivity index is 0.910. The lowest BCUT2D eigenvalue weighted by Gasteiger charge is -2.60. The van der Waals surface area contributed by atoms with Crippen molar-refractivity contribution in [3.8, 4) is 0 Å². The second kappa shape index (κ2) is 10.0. The molecular formula is C28H39N3O9. The Kier molecular flexibility index (Phi) is 6.71. The van der Waals surface area contributed by atoms with Crippen LogP contribution in [0.4, 0.5) is 0 Å². The Hall–Kier alpha value is -2.09. The molecule has 3 N–H and O–H groups in total. The van der Waals surface area contributed by atoms with E-state index in [0.717, 1.165) is 50.4 Å². The maximum Gasteiger partial charge on any atom is 0.330 e. The highest BCUT2D eigenvalue weighted by Gasteiger charge is 2.64. The molecule has 12 heteroatoms. The van der Waals surface area contributed by atoms with Gasteiger partial charge in [-0.05, 0) is 69.6 Å². The smallest absolute Gasteiger partial charge is 0.330 e. The number of aliphatic hydroxyl groups excluding tert-OH is 1. The SMILES string of the molecule is Cc1cn([C@H]2C[C@H](NC(=O)CC3CCC4(CC3)OOC3(OO4)C4CC5CC(C4)CC3C5)[C@H](CO)O2)c(=O)[nH]c1=O. The molecule has 12 nitrogen and oxygen atoms in total. The quantitative estimate of drug-likeness (QED) is 0.458. The first-order valence-corrected chi connectivity index (χ1v) is 14.9. The van der Waals surface area contributed by atoms with Gasteiger partial charge in [-0.15, -0.1) is 0 Å². The molecular weight excluding hydrogens is 522 g/mol. The standard InChI is InChI=1S/C28H39N3O9/c1-15-13-31(26(35)30-25(15)34)24-12-21(22(14-32)36-24)29-23(33)11-16-2-4-27(5-3-16)37-39-28(40-38-27)19-7-17-6-18(9-19)10-20(28)8-17/h13,16-22,24,32H,2-12,14H2,1H3,(H,29,33)(H,30,34,35)/t16?,17?,18?,19?,20?,21-,22-,24+,27?,28?/m0/s1. The number of nitrogens with one attached hydrogen (secondary N) is 2. The monoisotopic (exact) mass is 561 g/mol. The van der Waals surface area contributed by atoms with Crippen molar-refractivity contribution in [3.63, 3.8) is 0 Å². The van der Waals surface area contributed by atoms with E-state index in [1.807, 2.05) is 0 Å². The fourth-order valence-corrected chi connectivity index (χ4v) is 8.46. The normalized spacial score (nSPS) is 44.0. The predicted octanol–water partition coefficient (Wildman–Crippen LogP) is 1.95. The molecule has 7 aliphatic rings. The van der Waals surface area contributed by atoms with Crippen molar-refractivity contribution in [2.24, 2.45) is 29.6 Å². The van der Waals surface area contributed by atoms with Gasteiger partial charge in [-0.25, -0.2) is 4.79 Å². The van der Waals surface area contributed by atoms with Gasteiger partial charge >= 0.3 is 5.69 Å². The van der Waals surface area contributed by atoms with Crippen molar-refractivity contribution >= 4 is 5.91 Å². The summed E-state index contributed by atoms with van der Waals surface area (Å²) in [6.07, 6.45) is 9.14. The Morgan fingerprint density at radius 2 is 1.68 bits per heavy atom. The van der Waals surface area contributed by atoms with Gasteiger partial charge in [0.25, 0.3) is 5.56 Å². The van der Waals surface area contributed by atoms with Gasteiger partial charge in [0.2, 0.25) is 17.5 Å². The molecule has 1 amide bonds. The number of amides is 1. The van der Waals surface area contributed by atoms with Crippen LogP contribution in [0.2, 0.25) is 0 Å². The third-order valence-corrected chi connectivity index (χ3v) is 10.5. The minimum atomic E-state index is -0.927. The zero-order valence-corrected chi connectivity index (χ0v) is 22.8. The molecule has 4 bridgehead atoms. The van der Waals surface area contributed by atoms with Gasteiger partial charge in [0.15, 0.2) is 0 Å². The van der Waals surface area contributed by atoms with Gasteiger partial charge in [0.05, 0.1) is 12.6 Å². The van der Waals surface area contributed by atoms with Crippen LogP contribution < -0.4 is 16.6 Å². The van der Waals surface area contributed by atoms with Crippen LogP contribution in [-0.4, -0.2) is 50.9 Å². The van der Waals surface area contributed by atoms with E-state index in [-0.39, 0.29) is 18.4 Å². The zero-order valence-electron chi connectivity index (χ0n) is 22.8. The molecule has 5 aliphatic carbocycles. The molecule has 3 heterocycles. The third-order valence-electron chi connectivity index (χ3n) is 10.5. The molecule has 1 aromatic heterocycles. The van der Waals surface area contributed by atoms with Crippen molar-refractivity contribution in [1.29, 1.82) is 0 Å². The van der Waals surface area contributed by atoms with Gasteiger partial charge < -0.3 is 15.2 Å². The number of nitrogens with zero attached hydrogens (tertiary/aromatic N) is 1. The lowest BCUT2D eigenvalue weighted by molar-refractivity contribution is -0.680. The van der Waals surface area contributed by atoms with Crippen molar-refractivity contribution in [2.75, 3.05) is 6.61 Å². The summed E-state index contributed by atoms with van der Waals surface area (Å²) in [5.74, 6) is 0.535. The highest BCUT2D eigenvalue weighted by molar-refractivity contribution is 5.76. The van der Waals surface area contributed by atoms with Crippen molar-refractivity contribution in [1.82, 2.24) is 14.9 Å². The number of carbonyl (C=O) groups is 1. The molecule has 0 radical (unpaired) electrons. The zero-order chi connectivity index (χ0) is 27.6. The van der Waals surface area contributed by atoms with E-state index in [9.17, 15) is 19.5 Å². The van der Waals surface area contributed by atoms with Crippen LogP contribution in [0.15, 0.2) is 15.8 Å². The predicted molar refractivity (Wildman–Crippen MR) is 137 cm³/mol. The molecule has 220 valence electrons. The molecule has 2 aliphatic heterocycles. The molecule has 0 unspecified atom stereocenters. The largest absolute Gasteiger partial charge is 0.394 e. The lowest BCUT2D eigenvalue weighted by atomic mass is 9.53. The highest BCUT2D eigenvalue weighted by Crippen LogP contribution is 2.62. The summed E-state index contributed by atoms with van der Waals surface area (Å²) in [6, 6.07) is -0.458. The van der Waals surface area contributed by atoms with Gasteiger partial charge in [0.1, 0.15) is 12.3 Å². The number of hydrogen-bond acceptors (Lipinski definition) is 9. The summed E-state index contributed by atoms with van der Waals surface area (Å²) in [4.78, 5) is 63.5. The minimum absolute atomic E-state index is 0.135. The van der Waals surface area contributed by atoms with E-state index >= 15 is 0 Å². The molecule has 5 saturated carbocycles. The summed E-state index contributed by atoms with van der Waals surface area (Å²) in [6.45, 7) is 1.30. The van der Waals surface area contributed by atoms with Crippen LogP contribution in [0, 0.1) is 36.5 Å². The summed E-state index contributed by atoms with van der Waals surface area (Å²) in [5, 5.41) is 12.8. The average Bonchev–Trinajstić information content (AvgIpc) is 3.33. The number of aromatic nitrogens is 2. The fourth-order valence-electron chi connectivity index (χ4n) is 8.46. The summed E-state index contributed by atoms with van der Waals surface area (Å²) < 4.78 is 7.15. The third kappa shape index (κ3) is 4.57. The van der Waals surface area contributed by atoms with Crippen molar-refractivity contribution in [2.45, 2.75) is 108 Å². The molecule has 40 heavy (non-hydrogen) atoms. The van der Waals surface area contributed by atoms with Crippen LogP contribution >= 0.6 is 0 Å². The van der Waals surface area contributed by atoms with Crippen LogP contribution in [-0.2, 0) is 29.1 Å². The van der Waals surface area contributed by atoms with Crippen LogP contribution in [0.25, 0.3) is 0 Å². The second-order valence-electron chi connectivity index (χ2n) is 13.1. The van der Waals surface area contributed by atoms with E-state index < -0.39 is 41.2 Å². The van der Waals surface area contributed by atoms with E-state index in [2.05, 4.69) is 10.3 Å².